The van der Waals surface area contributed by atoms with Crippen LogP contribution in [-0.2, 0) is 6.61 Å². The van der Waals surface area contributed by atoms with Crippen LogP contribution in [0.25, 0.3) is 0 Å². The molecule has 0 unspecified atom stereocenters. The second kappa shape index (κ2) is 5.43. The van der Waals surface area contributed by atoms with Gasteiger partial charge in [-0.2, -0.15) is 0 Å². The van der Waals surface area contributed by atoms with Gasteiger partial charge in [0.2, 0.25) is 0 Å². The van der Waals surface area contributed by atoms with Gasteiger partial charge in [0.1, 0.15) is 11.6 Å². The van der Waals surface area contributed by atoms with Crippen LogP contribution in [0, 0.1) is 0 Å². The summed E-state index contributed by atoms with van der Waals surface area (Å²) in [4.78, 5) is 8.89. The summed E-state index contributed by atoms with van der Waals surface area (Å²) in [6.07, 6.45) is 0. The molecular formula is C11H11ClN4OS. The summed E-state index contributed by atoms with van der Waals surface area (Å²) in [5, 5.41) is 10.2. The molecule has 2 aromatic rings. The molecule has 0 bridgehead atoms. The number of aromatic nitrogens is 2. The van der Waals surface area contributed by atoms with Crippen LogP contribution in [0.2, 0.25) is 5.02 Å². The summed E-state index contributed by atoms with van der Waals surface area (Å²) in [6, 6.07) is 6.68. The Morgan fingerprint density at radius 3 is 2.44 bits per heavy atom. The average Bonchev–Trinajstić information content (AvgIpc) is 2.27. The normalized spacial score (nSPS) is 10.6. The molecule has 5 N–H and O–H groups in total. The van der Waals surface area contributed by atoms with Crippen molar-refractivity contribution in [3.8, 4) is 0 Å². The number of aliphatic hydroxyl groups is 1. The molecule has 0 spiro atoms. The van der Waals surface area contributed by atoms with Gasteiger partial charge in [0.05, 0.1) is 6.61 Å². The van der Waals surface area contributed by atoms with Gasteiger partial charge in [-0.05, 0) is 29.5 Å². The Balaban J connectivity index is 2.35. The molecule has 1 aromatic carbocycles. The minimum absolute atomic E-state index is 0.0860. The van der Waals surface area contributed by atoms with Gasteiger partial charge in [0.25, 0.3) is 0 Å². The van der Waals surface area contributed by atoms with E-state index in [4.69, 9.17) is 23.1 Å². The zero-order valence-corrected chi connectivity index (χ0v) is 10.9. The molecule has 94 valence electrons. The molecule has 0 atom stereocenters. The molecule has 0 fully saturated rings. The third-order valence-corrected chi connectivity index (χ3v) is 3.35. The van der Waals surface area contributed by atoms with Crippen LogP contribution < -0.4 is 11.5 Å². The fraction of sp³-hybridized carbons (Fsp3) is 0.0909. The Hall–Kier alpha value is -1.50. The predicted molar refractivity (Wildman–Crippen MR) is 72.4 cm³/mol. The molecule has 5 nitrogen and oxygen atoms in total. The maximum absolute atomic E-state index is 9.25. The van der Waals surface area contributed by atoms with Crippen LogP contribution in [0.5, 0.6) is 0 Å². The summed E-state index contributed by atoms with van der Waals surface area (Å²) in [7, 11) is 0. The molecule has 0 amide bonds. The maximum atomic E-state index is 9.25. The summed E-state index contributed by atoms with van der Waals surface area (Å²) >= 11 is 7.17. The minimum Gasteiger partial charge on any atom is -0.392 e. The van der Waals surface area contributed by atoms with E-state index in [-0.39, 0.29) is 6.61 Å². The lowest BCUT2D eigenvalue weighted by Gasteiger charge is -2.07. The van der Waals surface area contributed by atoms with Crippen LogP contribution >= 0.6 is 23.4 Å². The highest BCUT2D eigenvalue weighted by Gasteiger charge is 2.08. The zero-order chi connectivity index (χ0) is 13.1. The van der Waals surface area contributed by atoms with E-state index in [0.717, 1.165) is 10.5 Å². The highest BCUT2D eigenvalue weighted by Crippen LogP contribution is 2.31. The standard InChI is InChI=1S/C11H11ClN4OS/c12-7-2-1-6(5-17)8(3-7)18-11-15-9(13)4-10(14)16-11/h1-4,17H,5H2,(H4,13,14,15,16). The number of aliphatic hydroxyl groups excluding tert-OH is 1. The van der Waals surface area contributed by atoms with Gasteiger partial charge in [-0.1, -0.05) is 17.7 Å². The molecule has 0 aliphatic rings. The minimum atomic E-state index is -0.0860. The monoisotopic (exact) mass is 282 g/mol. The van der Waals surface area contributed by atoms with Gasteiger partial charge >= 0.3 is 0 Å². The fourth-order valence-corrected chi connectivity index (χ4v) is 2.55. The van der Waals surface area contributed by atoms with Crippen LogP contribution in [0.1, 0.15) is 5.56 Å². The van der Waals surface area contributed by atoms with Crippen molar-refractivity contribution in [2.75, 3.05) is 11.5 Å². The SMILES string of the molecule is Nc1cc(N)nc(Sc2cc(Cl)ccc2CO)n1. The first-order chi connectivity index (χ1) is 8.58. The van der Waals surface area contributed by atoms with Gasteiger partial charge in [-0.3, -0.25) is 0 Å². The van der Waals surface area contributed by atoms with Crippen molar-refractivity contribution in [1.82, 2.24) is 9.97 Å². The lowest BCUT2D eigenvalue weighted by atomic mass is 10.2. The van der Waals surface area contributed by atoms with Crippen molar-refractivity contribution < 1.29 is 5.11 Å². The van der Waals surface area contributed by atoms with Gasteiger partial charge in [0.15, 0.2) is 5.16 Å². The Kier molecular flexibility index (Phi) is 3.90. The van der Waals surface area contributed by atoms with Crippen LogP contribution in [0.4, 0.5) is 11.6 Å². The van der Waals surface area contributed by atoms with Gasteiger partial charge < -0.3 is 16.6 Å². The predicted octanol–water partition coefficient (Wildman–Crippen LogP) is 1.94. The number of nitrogens with two attached hydrogens (primary N) is 2. The first-order valence-electron chi connectivity index (χ1n) is 5.05. The highest BCUT2D eigenvalue weighted by atomic mass is 35.5. The zero-order valence-electron chi connectivity index (χ0n) is 9.30. The van der Waals surface area contributed by atoms with Crippen molar-refractivity contribution in [1.29, 1.82) is 0 Å². The third-order valence-electron chi connectivity index (χ3n) is 2.15. The summed E-state index contributed by atoms with van der Waals surface area (Å²) in [5.41, 5.74) is 11.9. The van der Waals surface area contributed by atoms with E-state index >= 15 is 0 Å². The summed E-state index contributed by atoms with van der Waals surface area (Å²) in [5.74, 6) is 0.607. The van der Waals surface area contributed by atoms with Gasteiger partial charge in [-0.15, -0.1) is 0 Å². The Morgan fingerprint density at radius 2 is 1.83 bits per heavy atom. The highest BCUT2D eigenvalue weighted by molar-refractivity contribution is 7.99. The fourth-order valence-electron chi connectivity index (χ4n) is 1.36. The van der Waals surface area contributed by atoms with E-state index in [0.29, 0.717) is 21.8 Å². The molecule has 2 rings (SSSR count). The van der Waals surface area contributed by atoms with E-state index in [1.54, 1.807) is 18.2 Å². The number of benzene rings is 1. The number of hydrogen-bond donors (Lipinski definition) is 3. The van der Waals surface area contributed by atoms with Crippen LogP contribution in [-0.4, -0.2) is 15.1 Å². The molecular weight excluding hydrogens is 272 g/mol. The maximum Gasteiger partial charge on any atom is 0.196 e. The van der Waals surface area contributed by atoms with E-state index in [2.05, 4.69) is 9.97 Å². The van der Waals surface area contributed by atoms with Crippen molar-refractivity contribution in [3.05, 3.63) is 34.9 Å². The first-order valence-corrected chi connectivity index (χ1v) is 6.25. The molecule has 0 radical (unpaired) electrons. The molecule has 7 heteroatoms. The van der Waals surface area contributed by atoms with Crippen molar-refractivity contribution in [3.63, 3.8) is 0 Å². The van der Waals surface area contributed by atoms with Gasteiger partial charge in [-0.25, -0.2) is 9.97 Å². The van der Waals surface area contributed by atoms with E-state index in [9.17, 15) is 5.11 Å². The number of rotatable bonds is 3. The number of halogens is 1. The second-order valence-corrected chi connectivity index (χ2v) is 4.96. The number of hydrogen-bond acceptors (Lipinski definition) is 6. The largest absolute Gasteiger partial charge is 0.392 e. The number of anilines is 2. The van der Waals surface area contributed by atoms with Gasteiger partial charge in [0, 0.05) is 16.0 Å². The van der Waals surface area contributed by atoms with Crippen LogP contribution in [0.3, 0.4) is 0 Å². The third kappa shape index (κ3) is 3.04. The molecule has 0 saturated heterocycles. The van der Waals surface area contributed by atoms with Crippen molar-refractivity contribution >= 4 is 35.0 Å². The average molecular weight is 283 g/mol. The quantitative estimate of drug-likeness (QED) is 0.744. The Bertz CT molecular complexity index is 559. The first kappa shape index (κ1) is 12.9. The van der Waals surface area contributed by atoms with E-state index in [1.165, 1.54) is 17.8 Å². The van der Waals surface area contributed by atoms with Crippen molar-refractivity contribution in [2.45, 2.75) is 16.7 Å². The lowest BCUT2D eigenvalue weighted by Crippen LogP contribution is -1.99. The Labute approximate surface area is 113 Å². The topological polar surface area (TPSA) is 98.1 Å². The van der Waals surface area contributed by atoms with Crippen LogP contribution in [0.15, 0.2) is 34.3 Å². The van der Waals surface area contributed by atoms with E-state index < -0.39 is 0 Å². The molecule has 1 heterocycles. The Morgan fingerprint density at radius 1 is 1.17 bits per heavy atom. The lowest BCUT2D eigenvalue weighted by molar-refractivity contribution is 0.279. The smallest absolute Gasteiger partial charge is 0.196 e. The number of nitrogen functional groups attached to an aromatic ring is 2. The molecule has 1 aromatic heterocycles. The summed E-state index contributed by atoms with van der Waals surface area (Å²) < 4.78 is 0. The summed E-state index contributed by atoms with van der Waals surface area (Å²) in [6.45, 7) is -0.0860. The molecule has 0 aliphatic carbocycles. The second-order valence-electron chi connectivity index (χ2n) is 3.51. The number of nitrogens with zero attached hydrogens (tertiary/aromatic N) is 2. The molecule has 0 aliphatic heterocycles. The van der Waals surface area contributed by atoms with E-state index in [1.807, 2.05) is 0 Å². The van der Waals surface area contributed by atoms with Crippen molar-refractivity contribution in [2.24, 2.45) is 0 Å². The molecule has 0 saturated carbocycles. The molecule has 18 heavy (non-hydrogen) atoms.